The van der Waals surface area contributed by atoms with Crippen molar-refractivity contribution in [2.45, 2.75) is 25.1 Å². The molecule has 0 unspecified atom stereocenters. The number of benzene rings is 1. The highest BCUT2D eigenvalue weighted by atomic mass is 35.5. The third-order valence-electron chi connectivity index (χ3n) is 4.55. The van der Waals surface area contributed by atoms with Crippen LogP contribution in [0.1, 0.15) is 18.9 Å². The Morgan fingerprint density at radius 1 is 1.26 bits per heavy atom. The topological polar surface area (TPSA) is 67.1 Å². The number of alkyl halides is 3. The van der Waals surface area contributed by atoms with Gasteiger partial charge in [-0.1, -0.05) is 6.07 Å². The molecule has 3 heterocycles. The number of hydrogen-bond donors (Lipinski definition) is 1. The number of β-amino-alcohol motifs (C(OH)–C–C–N with tert-alkyl or cyclic N) is 1. The van der Waals surface area contributed by atoms with Gasteiger partial charge in [0.25, 0.3) is 0 Å². The van der Waals surface area contributed by atoms with Gasteiger partial charge in [0.05, 0.1) is 28.4 Å². The summed E-state index contributed by atoms with van der Waals surface area (Å²) in [6.45, 7) is 2.67. The lowest BCUT2D eigenvalue weighted by Crippen LogP contribution is -2.30. The van der Waals surface area contributed by atoms with Crippen molar-refractivity contribution in [2.24, 2.45) is 0 Å². The summed E-state index contributed by atoms with van der Waals surface area (Å²) < 4.78 is 40.4. The van der Waals surface area contributed by atoms with Crippen molar-refractivity contribution in [2.75, 3.05) is 18.0 Å². The maximum atomic E-state index is 13.0. The summed E-state index contributed by atoms with van der Waals surface area (Å²) in [7, 11) is 0. The number of rotatable bonds is 2. The second-order valence-electron chi connectivity index (χ2n) is 6.83. The third kappa shape index (κ3) is 3.32. The van der Waals surface area contributed by atoms with Gasteiger partial charge in [0.15, 0.2) is 5.65 Å². The molecule has 6 nitrogen and oxygen atoms in total. The van der Waals surface area contributed by atoms with E-state index in [0.29, 0.717) is 36.4 Å². The van der Waals surface area contributed by atoms with E-state index >= 15 is 0 Å². The van der Waals surface area contributed by atoms with Crippen molar-refractivity contribution in [3.05, 3.63) is 41.3 Å². The predicted octanol–water partition coefficient (Wildman–Crippen LogP) is 3.45. The molecule has 2 aromatic heterocycles. The molecule has 1 aromatic carbocycles. The normalized spacial score (nSPS) is 20.6. The molecule has 0 amide bonds. The zero-order valence-electron chi connectivity index (χ0n) is 14.2. The van der Waals surface area contributed by atoms with E-state index in [4.69, 9.17) is 11.6 Å². The Kier molecular flexibility index (Phi) is 4.04. The molecule has 0 aliphatic carbocycles. The Labute approximate surface area is 157 Å². The van der Waals surface area contributed by atoms with E-state index in [2.05, 4.69) is 15.1 Å². The first-order valence-electron chi connectivity index (χ1n) is 8.20. The Bertz CT molecular complexity index is 1020. The first-order chi connectivity index (χ1) is 12.6. The molecule has 142 valence electrons. The minimum atomic E-state index is -4.46. The van der Waals surface area contributed by atoms with E-state index in [1.807, 2.05) is 4.90 Å². The monoisotopic (exact) mass is 397 g/mol. The average molecular weight is 398 g/mol. The zero-order chi connectivity index (χ0) is 19.4. The summed E-state index contributed by atoms with van der Waals surface area (Å²) in [5.74, 6) is 0.501. The maximum absolute atomic E-state index is 13.0. The second kappa shape index (κ2) is 6.07. The van der Waals surface area contributed by atoms with Gasteiger partial charge in [0, 0.05) is 13.1 Å². The van der Waals surface area contributed by atoms with Crippen LogP contribution in [0, 0.1) is 0 Å². The minimum absolute atomic E-state index is 0.0437. The van der Waals surface area contributed by atoms with Crippen molar-refractivity contribution in [3.8, 4) is 5.69 Å². The number of anilines is 1. The molecule has 1 fully saturated rings. The highest BCUT2D eigenvalue weighted by Gasteiger charge is 2.34. The van der Waals surface area contributed by atoms with Crippen LogP contribution in [-0.4, -0.2) is 43.5 Å². The highest BCUT2D eigenvalue weighted by molar-refractivity contribution is 6.28. The molecule has 0 spiro atoms. The lowest BCUT2D eigenvalue weighted by molar-refractivity contribution is -0.137. The molecule has 4 rings (SSSR count). The largest absolute Gasteiger partial charge is 0.416 e. The molecule has 10 heteroatoms. The van der Waals surface area contributed by atoms with E-state index in [-0.39, 0.29) is 11.0 Å². The third-order valence-corrected chi connectivity index (χ3v) is 4.72. The number of nitrogens with zero attached hydrogens (tertiary/aromatic N) is 5. The molecule has 1 aliphatic rings. The van der Waals surface area contributed by atoms with Crippen LogP contribution in [0.25, 0.3) is 16.7 Å². The van der Waals surface area contributed by atoms with Crippen LogP contribution in [0.3, 0.4) is 0 Å². The molecule has 1 aliphatic heterocycles. The number of hydrogen-bond acceptors (Lipinski definition) is 5. The molecule has 0 radical (unpaired) electrons. The Morgan fingerprint density at radius 3 is 2.70 bits per heavy atom. The fraction of sp³-hybridized carbons (Fsp3) is 0.353. The van der Waals surface area contributed by atoms with E-state index < -0.39 is 17.3 Å². The predicted molar refractivity (Wildman–Crippen MR) is 94.1 cm³/mol. The molecule has 3 aromatic rings. The molecule has 1 atom stereocenters. The van der Waals surface area contributed by atoms with Gasteiger partial charge in [-0.05, 0) is 43.1 Å². The van der Waals surface area contributed by atoms with E-state index in [1.54, 1.807) is 6.92 Å². The Balaban J connectivity index is 1.83. The summed E-state index contributed by atoms with van der Waals surface area (Å²) in [6.07, 6.45) is -2.40. The average Bonchev–Trinajstić information content (AvgIpc) is 3.16. The fourth-order valence-electron chi connectivity index (χ4n) is 3.24. The number of halogens is 4. The number of aromatic nitrogens is 4. The van der Waals surface area contributed by atoms with Crippen molar-refractivity contribution < 1.29 is 18.3 Å². The van der Waals surface area contributed by atoms with Gasteiger partial charge in [-0.2, -0.15) is 28.2 Å². The lowest BCUT2D eigenvalue weighted by Gasteiger charge is -2.20. The lowest BCUT2D eigenvalue weighted by atomic mass is 10.1. The van der Waals surface area contributed by atoms with E-state index in [1.165, 1.54) is 23.0 Å². The summed E-state index contributed by atoms with van der Waals surface area (Å²) in [5, 5.41) is 14.9. The van der Waals surface area contributed by atoms with Crippen molar-refractivity contribution in [3.63, 3.8) is 0 Å². The van der Waals surface area contributed by atoms with Crippen LogP contribution in [0.15, 0.2) is 30.5 Å². The van der Waals surface area contributed by atoms with Crippen LogP contribution in [-0.2, 0) is 6.18 Å². The first-order valence-corrected chi connectivity index (χ1v) is 8.58. The Morgan fingerprint density at radius 2 is 2.04 bits per heavy atom. The van der Waals surface area contributed by atoms with Gasteiger partial charge in [-0.25, -0.2) is 4.68 Å². The first kappa shape index (κ1) is 18.0. The van der Waals surface area contributed by atoms with Crippen LogP contribution >= 0.6 is 11.6 Å². The summed E-state index contributed by atoms with van der Waals surface area (Å²) in [4.78, 5) is 10.3. The van der Waals surface area contributed by atoms with Crippen LogP contribution < -0.4 is 4.90 Å². The molecule has 27 heavy (non-hydrogen) atoms. The zero-order valence-corrected chi connectivity index (χ0v) is 15.0. The van der Waals surface area contributed by atoms with Crippen molar-refractivity contribution in [1.29, 1.82) is 0 Å². The second-order valence-corrected chi connectivity index (χ2v) is 7.16. The highest BCUT2D eigenvalue weighted by Crippen LogP contribution is 2.33. The smallest absolute Gasteiger partial charge is 0.388 e. The van der Waals surface area contributed by atoms with E-state index in [0.717, 1.165) is 12.1 Å². The Hall–Kier alpha value is -2.39. The van der Waals surface area contributed by atoms with Gasteiger partial charge < -0.3 is 10.0 Å². The molecular formula is C17H15ClF3N5O. The van der Waals surface area contributed by atoms with Gasteiger partial charge >= 0.3 is 6.18 Å². The molecule has 1 N–H and O–H groups in total. The minimum Gasteiger partial charge on any atom is -0.388 e. The quantitative estimate of drug-likeness (QED) is 0.671. The fourth-order valence-corrected chi connectivity index (χ4v) is 3.40. The number of aliphatic hydroxyl groups is 1. The van der Waals surface area contributed by atoms with Gasteiger partial charge in [-0.3, -0.25) is 0 Å². The summed E-state index contributed by atoms with van der Waals surface area (Å²) >= 11 is 6.06. The van der Waals surface area contributed by atoms with Gasteiger partial charge in [0.1, 0.15) is 5.82 Å². The maximum Gasteiger partial charge on any atom is 0.416 e. The van der Waals surface area contributed by atoms with Gasteiger partial charge in [-0.15, -0.1) is 0 Å². The van der Waals surface area contributed by atoms with Crippen molar-refractivity contribution in [1.82, 2.24) is 19.7 Å². The van der Waals surface area contributed by atoms with E-state index in [9.17, 15) is 18.3 Å². The van der Waals surface area contributed by atoms with Crippen LogP contribution in [0.2, 0.25) is 5.28 Å². The van der Waals surface area contributed by atoms with Crippen LogP contribution in [0.4, 0.5) is 19.0 Å². The molecule has 0 saturated carbocycles. The van der Waals surface area contributed by atoms with Crippen LogP contribution in [0.5, 0.6) is 0 Å². The molecule has 0 bridgehead atoms. The number of fused-ring (bicyclic) bond motifs is 1. The summed E-state index contributed by atoms with van der Waals surface area (Å²) in [5.41, 5.74) is -1.11. The molecular weight excluding hydrogens is 383 g/mol. The SMILES string of the molecule is C[C@@]1(O)CCN(c2nc(Cl)nc3c2cnn3-c2cccc(C(F)(F)F)c2)C1. The van der Waals surface area contributed by atoms with Gasteiger partial charge in [0.2, 0.25) is 5.28 Å². The standard InChI is InChI=1S/C17H15ClF3N5O/c1-16(27)5-6-25(9-16)13-12-8-22-26(14(12)24-15(18)23-13)11-4-2-3-10(7-11)17(19,20)21/h2-4,7-8,27H,5-6,9H2,1H3/t16-/m1/s1. The van der Waals surface area contributed by atoms with Crippen molar-refractivity contribution >= 4 is 28.5 Å². The molecule has 1 saturated heterocycles. The summed E-state index contributed by atoms with van der Waals surface area (Å²) in [6, 6.07) is 4.82.